The molecule has 0 spiro atoms. The van der Waals surface area contributed by atoms with Gasteiger partial charge in [-0.25, -0.2) is 4.98 Å². The minimum atomic E-state index is -0.179. The largest absolute Gasteiger partial charge is 0.491 e. The van der Waals surface area contributed by atoms with Gasteiger partial charge in [-0.1, -0.05) is 41.9 Å². The van der Waals surface area contributed by atoms with E-state index in [1.165, 1.54) is 0 Å². The van der Waals surface area contributed by atoms with Crippen LogP contribution in [0.4, 0.5) is 5.82 Å². The van der Waals surface area contributed by atoms with Crippen LogP contribution in [0.15, 0.2) is 54.6 Å². The second kappa shape index (κ2) is 8.78. The minimum absolute atomic E-state index is 0.179. The minimum Gasteiger partial charge on any atom is -0.491 e. The quantitative estimate of drug-likeness (QED) is 0.440. The van der Waals surface area contributed by atoms with Gasteiger partial charge < -0.3 is 10.1 Å². The van der Waals surface area contributed by atoms with E-state index < -0.39 is 0 Å². The number of anilines is 1. The van der Waals surface area contributed by atoms with Gasteiger partial charge in [-0.15, -0.1) is 0 Å². The SMILES string of the molecule is Cc1cc(NC(=O)CCOc2ccccc2Cl)n(-c2cc(C)c3cccc(C)c3n2)n1. The molecule has 158 valence electrons. The summed E-state index contributed by atoms with van der Waals surface area (Å²) >= 11 is 6.08. The summed E-state index contributed by atoms with van der Waals surface area (Å²) in [5, 5.41) is 9.09. The first-order valence-electron chi connectivity index (χ1n) is 10.0. The van der Waals surface area contributed by atoms with Crippen LogP contribution in [0, 0.1) is 20.8 Å². The van der Waals surface area contributed by atoms with Gasteiger partial charge in [0.25, 0.3) is 0 Å². The molecule has 0 radical (unpaired) electrons. The number of amides is 1. The molecule has 31 heavy (non-hydrogen) atoms. The molecular weight excluding hydrogens is 412 g/mol. The zero-order chi connectivity index (χ0) is 22.0. The summed E-state index contributed by atoms with van der Waals surface area (Å²) in [7, 11) is 0. The Labute approximate surface area is 185 Å². The predicted molar refractivity (Wildman–Crippen MR) is 123 cm³/mol. The predicted octanol–water partition coefficient (Wildman–Crippen LogP) is 5.41. The van der Waals surface area contributed by atoms with Crippen LogP contribution in [0.1, 0.15) is 23.2 Å². The van der Waals surface area contributed by atoms with Gasteiger partial charge in [0.1, 0.15) is 11.6 Å². The molecule has 0 unspecified atom stereocenters. The second-order valence-electron chi connectivity index (χ2n) is 7.43. The van der Waals surface area contributed by atoms with E-state index >= 15 is 0 Å². The third-order valence-corrected chi connectivity index (χ3v) is 5.29. The number of aryl methyl sites for hydroxylation is 3. The van der Waals surface area contributed by atoms with Crippen LogP contribution in [0.25, 0.3) is 16.7 Å². The van der Waals surface area contributed by atoms with E-state index in [1.807, 2.05) is 57.2 Å². The fraction of sp³-hybridized carbons (Fsp3) is 0.208. The average molecular weight is 435 g/mol. The number of nitrogens with one attached hydrogen (secondary N) is 1. The highest BCUT2D eigenvalue weighted by Gasteiger charge is 2.14. The van der Waals surface area contributed by atoms with Crippen molar-refractivity contribution in [1.82, 2.24) is 14.8 Å². The Balaban J connectivity index is 1.52. The summed E-state index contributed by atoms with van der Waals surface area (Å²) in [6.45, 7) is 6.18. The molecule has 0 aliphatic rings. The van der Waals surface area contributed by atoms with Gasteiger partial charge in [0.2, 0.25) is 5.91 Å². The standard InChI is InChI=1S/C24H23ClN4O2/c1-15-7-6-8-18-16(2)13-21(27-24(15)18)29-22(14-17(3)28-29)26-23(30)11-12-31-20-10-5-4-9-19(20)25/h4-10,13-14H,11-12H2,1-3H3,(H,26,30). The normalized spacial score (nSPS) is 11.0. The first kappa shape index (κ1) is 20.9. The number of halogens is 1. The number of carbonyl (C=O) groups is 1. The number of benzene rings is 2. The molecule has 0 saturated heterocycles. The van der Waals surface area contributed by atoms with Crippen LogP contribution >= 0.6 is 11.6 Å². The maximum absolute atomic E-state index is 12.5. The van der Waals surface area contributed by atoms with Crippen LogP contribution in [-0.2, 0) is 4.79 Å². The van der Waals surface area contributed by atoms with E-state index in [0.29, 0.717) is 22.4 Å². The van der Waals surface area contributed by atoms with Gasteiger partial charge in [-0.05, 0) is 50.1 Å². The molecule has 0 aliphatic heterocycles. The first-order valence-corrected chi connectivity index (χ1v) is 10.4. The molecule has 2 aromatic heterocycles. The Hall–Kier alpha value is -3.38. The number of carbonyl (C=O) groups excluding carboxylic acids is 1. The number of para-hydroxylation sites is 2. The lowest BCUT2D eigenvalue weighted by molar-refractivity contribution is -0.116. The fourth-order valence-corrected chi connectivity index (χ4v) is 3.63. The number of nitrogens with zero attached hydrogens (tertiary/aromatic N) is 3. The molecule has 0 fully saturated rings. The van der Waals surface area contributed by atoms with Gasteiger partial charge in [-0.3, -0.25) is 4.79 Å². The highest BCUT2D eigenvalue weighted by molar-refractivity contribution is 6.32. The second-order valence-corrected chi connectivity index (χ2v) is 7.84. The average Bonchev–Trinajstić information content (AvgIpc) is 3.10. The molecule has 6 nitrogen and oxygen atoms in total. The maximum Gasteiger partial charge on any atom is 0.228 e. The van der Waals surface area contributed by atoms with Crippen molar-refractivity contribution in [2.24, 2.45) is 0 Å². The first-order chi connectivity index (χ1) is 14.9. The number of hydrogen-bond acceptors (Lipinski definition) is 4. The van der Waals surface area contributed by atoms with Crippen molar-refractivity contribution in [3.05, 3.63) is 76.4 Å². The summed E-state index contributed by atoms with van der Waals surface area (Å²) in [5.74, 6) is 1.61. The lowest BCUT2D eigenvalue weighted by Crippen LogP contribution is -2.18. The maximum atomic E-state index is 12.5. The monoisotopic (exact) mass is 434 g/mol. The highest BCUT2D eigenvalue weighted by Crippen LogP contribution is 2.25. The van der Waals surface area contributed by atoms with Crippen LogP contribution < -0.4 is 10.1 Å². The summed E-state index contributed by atoms with van der Waals surface area (Å²) in [4.78, 5) is 17.3. The molecule has 7 heteroatoms. The number of fused-ring (bicyclic) bond motifs is 1. The van der Waals surface area contributed by atoms with E-state index in [4.69, 9.17) is 21.3 Å². The highest BCUT2D eigenvalue weighted by atomic mass is 35.5. The lowest BCUT2D eigenvalue weighted by atomic mass is 10.1. The number of pyridine rings is 1. The molecule has 4 aromatic rings. The Morgan fingerprint density at radius 2 is 1.87 bits per heavy atom. The van der Waals surface area contributed by atoms with Crippen molar-refractivity contribution in [3.63, 3.8) is 0 Å². The third-order valence-electron chi connectivity index (χ3n) is 4.97. The lowest BCUT2D eigenvalue weighted by Gasteiger charge is -2.12. The van der Waals surface area contributed by atoms with Gasteiger partial charge in [0.15, 0.2) is 5.82 Å². The molecular formula is C24H23ClN4O2. The van der Waals surface area contributed by atoms with Crippen LogP contribution in [-0.4, -0.2) is 27.3 Å². The Morgan fingerprint density at radius 1 is 1.06 bits per heavy atom. The number of hydrogen-bond donors (Lipinski definition) is 1. The van der Waals surface area contributed by atoms with Crippen LogP contribution in [0.5, 0.6) is 5.75 Å². The summed E-state index contributed by atoms with van der Waals surface area (Å²) < 4.78 is 7.28. The number of aromatic nitrogens is 3. The van der Waals surface area contributed by atoms with Crippen molar-refractivity contribution >= 4 is 34.2 Å². The number of ether oxygens (including phenoxy) is 1. The molecule has 0 atom stereocenters. The fourth-order valence-electron chi connectivity index (χ4n) is 3.44. The molecule has 0 saturated carbocycles. The molecule has 1 N–H and O–H groups in total. The Kier molecular flexibility index (Phi) is 5.91. The van der Waals surface area contributed by atoms with E-state index in [1.54, 1.807) is 16.8 Å². The summed E-state index contributed by atoms with van der Waals surface area (Å²) in [6, 6.07) is 17.1. The molecule has 4 rings (SSSR count). The van der Waals surface area contributed by atoms with Crippen molar-refractivity contribution in [1.29, 1.82) is 0 Å². The molecule has 2 heterocycles. The number of rotatable bonds is 6. The van der Waals surface area contributed by atoms with Gasteiger partial charge in [0.05, 0.1) is 29.3 Å². The van der Waals surface area contributed by atoms with Crippen LogP contribution in [0.3, 0.4) is 0 Å². The van der Waals surface area contributed by atoms with Crippen molar-refractivity contribution in [2.75, 3.05) is 11.9 Å². The molecule has 2 aromatic carbocycles. The van der Waals surface area contributed by atoms with Crippen LogP contribution in [0.2, 0.25) is 5.02 Å². The Bertz CT molecular complexity index is 1270. The molecule has 0 aliphatic carbocycles. The van der Waals surface area contributed by atoms with E-state index in [0.717, 1.165) is 27.7 Å². The van der Waals surface area contributed by atoms with Crippen molar-refractivity contribution in [2.45, 2.75) is 27.2 Å². The topological polar surface area (TPSA) is 69.0 Å². The van der Waals surface area contributed by atoms with E-state index in [2.05, 4.69) is 16.5 Å². The van der Waals surface area contributed by atoms with E-state index in [9.17, 15) is 4.79 Å². The smallest absolute Gasteiger partial charge is 0.228 e. The zero-order valence-corrected chi connectivity index (χ0v) is 18.4. The van der Waals surface area contributed by atoms with Crippen molar-refractivity contribution < 1.29 is 9.53 Å². The summed E-state index contributed by atoms with van der Waals surface area (Å²) in [6.07, 6.45) is 0.179. The molecule has 1 amide bonds. The van der Waals surface area contributed by atoms with E-state index in [-0.39, 0.29) is 18.9 Å². The van der Waals surface area contributed by atoms with Gasteiger partial charge >= 0.3 is 0 Å². The van der Waals surface area contributed by atoms with Crippen molar-refractivity contribution in [3.8, 4) is 11.6 Å². The van der Waals surface area contributed by atoms with Gasteiger partial charge in [0, 0.05) is 11.5 Å². The molecule has 0 bridgehead atoms. The Morgan fingerprint density at radius 3 is 2.68 bits per heavy atom. The van der Waals surface area contributed by atoms with Gasteiger partial charge in [-0.2, -0.15) is 9.78 Å². The summed E-state index contributed by atoms with van der Waals surface area (Å²) in [5.41, 5.74) is 3.90. The zero-order valence-electron chi connectivity index (χ0n) is 17.6. The third kappa shape index (κ3) is 4.54.